The number of rotatable bonds is 6. The number of para-hydroxylation sites is 1. The Bertz CT molecular complexity index is 1130. The number of ether oxygens (including phenoxy) is 1. The Hall–Kier alpha value is -3.28. The van der Waals surface area contributed by atoms with E-state index >= 15 is 0 Å². The van der Waals surface area contributed by atoms with E-state index in [0.717, 1.165) is 12.1 Å². The summed E-state index contributed by atoms with van der Waals surface area (Å²) in [5.74, 6) is 0.0940. The van der Waals surface area contributed by atoms with Crippen LogP contribution in [0.4, 0.5) is 4.79 Å². The molecule has 3 aromatic rings. The van der Waals surface area contributed by atoms with Gasteiger partial charge in [-0.15, -0.1) is 0 Å². The van der Waals surface area contributed by atoms with Crippen LogP contribution in [0.3, 0.4) is 0 Å². The maximum absolute atomic E-state index is 13.4. The van der Waals surface area contributed by atoms with E-state index in [0.29, 0.717) is 39.2 Å². The van der Waals surface area contributed by atoms with Crippen molar-refractivity contribution in [1.29, 1.82) is 0 Å². The summed E-state index contributed by atoms with van der Waals surface area (Å²) >= 11 is 0. The van der Waals surface area contributed by atoms with Crippen LogP contribution in [-0.4, -0.2) is 59.2 Å². The van der Waals surface area contributed by atoms with Gasteiger partial charge in [0.05, 0.1) is 6.61 Å². The largest absolute Gasteiger partial charge is 0.450 e. The van der Waals surface area contributed by atoms with Crippen LogP contribution in [-0.2, 0) is 16.1 Å². The lowest BCUT2D eigenvalue weighted by molar-refractivity contribution is -0.133. The van der Waals surface area contributed by atoms with Crippen molar-refractivity contribution < 1.29 is 14.3 Å². The number of fused-ring (bicyclic) bond motifs is 1. The highest BCUT2D eigenvalue weighted by Crippen LogP contribution is 2.35. The number of aryl methyl sites for hydroxylation is 2. The third-order valence-corrected chi connectivity index (χ3v) is 6.52. The number of piperazine rings is 1. The summed E-state index contributed by atoms with van der Waals surface area (Å²) in [5.41, 5.74) is 4.74. The highest BCUT2D eigenvalue weighted by atomic mass is 16.6. The van der Waals surface area contributed by atoms with Crippen LogP contribution in [0.25, 0.3) is 10.9 Å². The van der Waals surface area contributed by atoms with Gasteiger partial charge in [0.2, 0.25) is 5.91 Å². The molecule has 1 unspecified atom stereocenters. The van der Waals surface area contributed by atoms with Crippen molar-refractivity contribution in [3.05, 3.63) is 71.4 Å². The molecule has 0 radical (unpaired) electrons. The second-order valence-corrected chi connectivity index (χ2v) is 8.63. The predicted molar refractivity (Wildman–Crippen MR) is 130 cm³/mol. The summed E-state index contributed by atoms with van der Waals surface area (Å²) in [6.07, 6.45) is 2.32. The first kappa shape index (κ1) is 22.9. The van der Waals surface area contributed by atoms with Crippen LogP contribution in [0.5, 0.6) is 0 Å². The van der Waals surface area contributed by atoms with Gasteiger partial charge in [-0.3, -0.25) is 4.79 Å². The van der Waals surface area contributed by atoms with Crippen LogP contribution in [0.1, 0.15) is 42.9 Å². The number of hydrogen-bond acceptors (Lipinski definition) is 3. The number of carbonyl (C=O) groups excluding carboxylic acids is 2. The predicted octanol–water partition coefficient (Wildman–Crippen LogP) is 4.79. The van der Waals surface area contributed by atoms with Gasteiger partial charge in [0.15, 0.2) is 0 Å². The molecule has 1 aromatic heterocycles. The van der Waals surface area contributed by atoms with Crippen molar-refractivity contribution in [1.82, 2.24) is 14.4 Å². The average Bonchev–Trinajstić information content (AvgIpc) is 3.21. The highest BCUT2D eigenvalue weighted by molar-refractivity contribution is 5.87. The number of hydrogen-bond donors (Lipinski definition) is 0. The van der Waals surface area contributed by atoms with Crippen molar-refractivity contribution in [2.75, 3.05) is 32.8 Å². The third kappa shape index (κ3) is 4.90. The molecule has 6 nitrogen and oxygen atoms in total. The van der Waals surface area contributed by atoms with Gasteiger partial charge in [0.25, 0.3) is 0 Å². The first-order valence-electron chi connectivity index (χ1n) is 11.9. The molecule has 33 heavy (non-hydrogen) atoms. The summed E-state index contributed by atoms with van der Waals surface area (Å²) in [6, 6.07) is 16.9. The van der Waals surface area contributed by atoms with Gasteiger partial charge in [-0.2, -0.15) is 0 Å². The van der Waals surface area contributed by atoms with Gasteiger partial charge < -0.3 is 19.1 Å². The zero-order chi connectivity index (χ0) is 23.4. The minimum Gasteiger partial charge on any atom is -0.450 e. The molecule has 2 heterocycles. The van der Waals surface area contributed by atoms with E-state index in [9.17, 15) is 9.59 Å². The Balaban J connectivity index is 1.60. The lowest BCUT2D eigenvalue weighted by Gasteiger charge is -2.34. The van der Waals surface area contributed by atoms with E-state index < -0.39 is 0 Å². The van der Waals surface area contributed by atoms with Crippen LogP contribution in [0.2, 0.25) is 0 Å². The fourth-order valence-electron chi connectivity index (χ4n) is 4.77. The first-order chi connectivity index (χ1) is 16.0. The first-order valence-corrected chi connectivity index (χ1v) is 11.9. The number of nitrogens with zero attached hydrogens (tertiary/aromatic N) is 3. The normalized spacial score (nSPS) is 15.0. The van der Waals surface area contributed by atoms with E-state index in [1.807, 2.05) is 4.90 Å². The summed E-state index contributed by atoms with van der Waals surface area (Å²) in [4.78, 5) is 29.0. The maximum Gasteiger partial charge on any atom is 0.409 e. The summed E-state index contributed by atoms with van der Waals surface area (Å²) < 4.78 is 7.36. The zero-order valence-corrected chi connectivity index (χ0v) is 19.8. The fraction of sp³-hybridized carbons (Fsp3) is 0.407. The average molecular weight is 448 g/mol. The van der Waals surface area contributed by atoms with Crippen molar-refractivity contribution >= 4 is 22.9 Å². The fourth-order valence-corrected chi connectivity index (χ4v) is 4.77. The number of carbonyl (C=O) groups is 2. The van der Waals surface area contributed by atoms with E-state index in [1.54, 1.807) is 11.8 Å². The molecule has 6 heteroatoms. The Morgan fingerprint density at radius 3 is 2.39 bits per heavy atom. The molecule has 0 N–H and O–H groups in total. The zero-order valence-electron chi connectivity index (χ0n) is 19.8. The Morgan fingerprint density at radius 1 is 0.970 bits per heavy atom. The standard InChI is InChI=1S/C27H33N3O3/c1-4-28-19-24(22-11-6-7-12-25(22)28)23(21-10-8-9-20(3)17-21)18-26(31)29-13-15-30(16-14-29)27(32)33-5-2/h6-12,17,19,23H,4-5,13-16,18H2,1-3H3. The minimum absolute atomic E-state index is 0.0295. The second-order valence-electron chi connectivity index (χ2n) is 8.63. The van der Waals surface area contributed by atoms with Gasteiger partial charge >= 0.3 is 6.09 Å². The summed E-state index contributed by atoms with van der Waals surface area (Å²) in [5, 5.41) is 1.20. The molecule has 1 fully saturated rings. The lowest BCUT2D eigenvalue weighted by atomic mass is 9.87. The van der Waals surface area contributed by atoms with Gasteiger partial charge in [0.1, 0.15) is 0 Å². The Kier molecular flexibility index (Phi) is 7.02. The maximum atomic E-state index is 13.4. The van der Waals surface area contributed by atoms with Crippen LogP contribution in [0, 0.1) is 6.92 Å². The smallest absolute Gasteiger partial charge is 0.409 e. The van der Waals surface area contributed by atoms with Crippen LogP contribution in [0.15, 0.2) is 54.7 Å². The van der Waals surface area contributed by atoms with E-state index in [-0.39, 0.29) is 17.9 Å². The Morgan fingerprint density at radius 2 is 1.70 bits per heavy atom. The van der Waals surface area contributed by atoms with Crippen molar-refractivity contribution in [2.45, 2.75) is 39.7 Å². The number of aromatic nitrogens is 1. The van der Waals surface area contributed by atoms with Crippen molar-refractivity contribution in [3.63, 3.8) is 0 Å². The number of benzene rings is 2. The third-order valence-electron chi connectivity index (χ3n) is 6.52. The highest BCUT2D eigenvalue weighted by Gasteiger charge is 2.28. The molecule has 1 saturated heterocycles. The molecule has 1 aliphatic rings. The molecule has 0 saturated carbocycles. The molecule has 174 valence electrons. The van der Waals surface area contributed by atoms with Crippen LogP contribution < -0.4 is 0 Å². The molecule has 4 rings (SSSR count). The van der Waals surface area contributed by atoms with E-state index in [1.165, 1.54) is 22.0 Å². The minimum atomic E-state index is -0.297. The van der Waals surface area contributed by atoms with E-state index in [4.69, 9.17) is 4.74 Å². The van der Waals surface area contributed by atoms with Crippen molar-refractivity contribution in [3.8, 4) is 0 Å². The van der Waals surface area contributed by atoms with Gasteiger partial charge in [-0.1, -0.05) is 48.0 Å². The Labute approximate surface area is 195 Å². The summed E-state index contributed by atoms with van der Waals surface area (Å²) in [7, 11) is 0. The van der Waals surface area contributed by atoms with Gasteiger partial charge in [0, 0.05) is 62.2 Å². The van der Waals surface area contributed by atoms with E-state index in [2.05, 4.69) is 73.1 Å². The quantitative estimate of drug-likeness (QED) is 0.546. The van der Waals surface area contributed by atoms with Crippen LogP contribution >= 0.6 is 0 Å². The molecular formula is C27H33N3O3. The molecule has 0 aliphatic carbocycles. The monoisotopic (exact) mass is 447 g/mol. The second kappa shape index (κ2) is 10.1. The van der Waals surface area contributed by atoms with Gasteiger partial charge in [-0.25, -0.2) is 4.79 Å². The van der Waals surface area contributed by atoms with Crippen molar-refractivity contribution in [2.24, 2.45) is 0 Å². The molecular weight excluding hydrogens is 414 g/mol. The topological polar surface area (TPSA) is 54.8 Å². The van der Waals surface area contributed by atoms with Gasteiger partial charge in [-0.05, 0) is 38.0 Å². The molecule has 0 spiro atoms. The summed E-state index contributed by atoms with van der Waals surface area (Å²) in [6.45, 7) is 9.37. The molecule has 1 aliphatic heterocycles. The molecule has 2 amide bonds. The molecule has 1 atom stereocenters. The number of amides is 2. The lowest BCUT2D eigenvalue weighted by Crippen LogP contribution is -2.50. The SMILES string of the molecule is CCOC(=O)N1CCN(C(=O)CC(c2cccc(C)c2)c2cn(CC)c3ccccc23)CC1. The molecule has 0 bridgehead atoms. The molecule has 2 aromatic carbocycles.